The van der Waals surface area contributed by atoms with Crippen molar-refractivity contribution in [1.82, 2.24) is 0 Å². The van der Waals surface area contributed by atoms with E-state index in [0.29, 0.717) is 10.6 Å². The lowest BCUT2D eigenvalue weighted by molar-refractivity contribution is 0.104. The second-order valence-corrected chi connectivity index (χ2v) is 4.49. The number of allylic oxidation sites excluding steroid dienone is 1. The summed E-state index contributed by atoms with van der Waals surface area (Å²) in [4.78, 5) is 11.9. The van der Waals surface area contributed by atoms with E-state index in [1.807, 2.05) is 24.3 Å². The van der Waals surface area contributed by atoms with Crippen molar-refractivity contribution in [2.75, 3.05) is 12.4 Å². The molecule has 0 atom stereocenters. The molecule has 0 heterocycles. The lowest BCUT2D eigenvalue weighted by Gasteiger charge is -2.06. The second kappa shape index (κ2) is 6.78. The molecule has 0 spiro atoms. The minimum Gasteiger partial charge on any atom is -0.495 e. The number of ketones is 1. The molecule has 102 valence electrons. The number of ether oxygens (including phenoxy) is 1. The fourth-order valence-electron chi connectivity index (χ4n) is 1.68. The van der Waals surface area contributed by atoms with Crippen LogP contribution in [0.2, 0.25) is 5.02 Å². The quantitative estimate of drug-likeness (QED) is 0.663. The van der Waals surface area contributed by atoms with Crippen LogP contribution in [0.25, 0.3) is 0 Å². The molecule has 2 aromatic rings. The first-order chi connectivity index (χ1) is 9.70. The highest BCUT2D eigenvalue weighted by molar-refractivity contribution is 6.30. The second-order valence-electron chi connectivity index (χ2n) is 4.05. The fraction of sp³-hybridized carbons (Fsp3) is 0.0625. The summed E-state index contributed by atoms with van der Waals surface area (Å²) in [7, 11) is 1.60. The average Bonchev–Trinajstić information content (AvgIpc) is 2.48. The number of carbonyl (C=O) groups excluding carboxylic acids is 1. The monoisotopic (exact) mass is 287 g/mol. The van der Waals surface area contributed by atoms with Crippen LogP contribution in [0.5, 0.6) is 5.75 Å². The zero-order valence-corrected chi connectivity index (χ0v) is 11.7. The molecular formula is C16H14ClNO2. The molecule has 0 aromatic heterocycles. The maximum Gasteiger partial charge on any atom is 0.187 e. The van der Waals surface area contributed by atoms with Crippen molar-refractivity contribution in [2.24, 2.45) is 0 Å². The van der Waals surface area contributed by atoms with Crippen molar-refractivity contribution in [3.63, 3.8) is 0 Å². The summed E-state index contributed by atoms with van der Waals surface area (Å²) in [6.45, 7) is 0. The molecule has 1 N–H and O–H groups in total. The fourth-order valence-corrected chi connectivity index (χ4v) is 1.81. The van der Waals surface area contributed by atoms with Gasteiger partial charge in [0.1, 0.15) is 5.75 Å². The van der Waals surface area contributed by atoms with Gasteiger partial charge in [-0.3, -0.25) is 4.79 Å². The summed E-state index contributed by atoms with van der Waals surface area (Å²) in [6.07, 6.45) is 3.06. The Labute approximate surface area is 122 Å². The number of nitrogens with one attached hydrogen (secondary N) is 1. The Morgan fingerprint density at radius 1 is 1.15 bits per heavy atom. The molecule has 2 aromatic carbocycles. The van der Waals surface area contributed by atoms with Crippen LogP contribution in [0.1, 0.15) is 10.4 Å². The van der Waals surface area contributed by atoms with Crippen LogP contribution in [-0.2, 0) is 0 Å². The lowest BCUT2D eigenvalue weighted by atomic mass is 10.1. The molecule has 20 heavy (non-hydrogen) atoms. The Hall–Kier alpha value is -2.26. The Bertz CT molecular complexity index is 621. The van der Waals surface area contributed by atoms with Crippen LogP contribution >= 0.6 is 11.6 Å². The van der Waals surface area contributed by atoms with E-state index in [0.717, 1.165) is 11.4 Å². The van der Waals surface area contributed by atoms with Gasteiger partial charge in [0, 0.05) is 22.9 Å². The first-order valence-electron chi connectivity index (χ1n) is 6.06. The van der Waals surface area contributed by atoms with E-state index in [9.17, 15) is 4.79 Å². The van der Waals surface area contributed by atoms with Gasteiger partial charge in [-0.15, -0.1) is 0 Å². The summed E-state index contributed by atoms with van der Waals surface area (Å²) >= 11 is 5.78. The molecule has 3 nitrogen and oxygen atoms in total. The van der Waals surface area contributed by atoms with Crippen LogP contribution < -0.4 is 10.1 Å². The summed E-state index contributed by atoms with van der Waals surface area (Å²) in [5.41, 5.74) is 1.39. The Balaban J connectivity index is 2.03. The van der Waals surface area contributed by atoms with Crippen LogP contribution in [0.4, 0.5) is 5.69 Å². The highest BCUT2D eigenvalue weighted by Gasteiger charge is 2.01. The largest absolute Gasteiger partial charge is 0.495 e. The zero-order valence-electron chi connectivity index (χ0n) is 11.0. The van der Waals surface area contributed by atoms with Gasteiger partial charge in [0.25, 0.3) is 0 Å². The number of hydrogen-bond acceptors (Lipinski definition) is 3. The van der Waals surface area contributed by atoms with E-state index in [-0.39, 0.29) is 5.78 Å². The number of halogens is 1. The smallest absolute Gasteiger partial charge is 0.187 e. The first kappa shape index (κ1) is 14.2. The zero-order chi connectivity index (χ0) is 14.4. The van der Waals surface area contributed by atoms with E-state index >= 15 is 0 Å². The number of rotatable bonds is 5. The number of benzene rings is 2. The molecule has 0 fully saturated rings. The molecule has 4 heteroatoms. The van der Waals surface area contributed by atoms with Gasteiger partial charge in [0.05, 0.1) is 12.8 Å². The maximum absolute atomic E-state index is 11.9. The third-order valence-electron chi connectivity index (χ3n) is 2.71. The normalized spacial score (nSPS) is 10.5. The minimum absolute atomic E-state index is 0.0935. The highest BCUT2D eigenvalue weighted by atomic mass is 35.5. The Morgan fingerprint density at radius 2 is 1.85 bits per heavy atom. The van der Waals surface area contributed by atoms with Gasteiger partial charge in [-0.05, 0) is 36.4 Å². The number of carbonyl (C=O) groups is 1. The predicted octanol–water partition coefficient (Wildman–Crippen LogP) is 4.16. The molecular weight excluding hydrogens is 274 g/mol. The van der Waals surface area contributed by atoms with Crippen molar-refractivity contribution < 1.29 is 9.53 Å². The van der Waals surface area contributed by atoms with E-state index in [4.69, 9.17) is 16.3 Å². The van der Waals surface area contributed by atoms with Gasteiger partial charge in [0.15, 0.2) is 5.78 Å². The molecule has 0 aliphatic carbocycles. The standard InChI is InChI=1S/C16H14ClNO2/c1-20-16-5-3-2-4-14(16)18-11-10-15(19)12-6-8-13(17)9-7-12/h2-11,18H,1H3/b11-10-. The first-order valence-corrected chi connectivity index (χ1v) is 6.44. The van der Waals surface area contributed by atoms with Gasteiger partial charge in [-0.25, -0.2) is 0 Å². The summed E-state index contributed by atoms with van der Waals surface area (Å²) < 4.78 is 5.20. The number of para-hydroxylation sites is 2. The van der Waals surface area contributed by atoms with Crippen LogP contribution in [0.3, 0.4) is 0 Å². The molecule has 2 rings (SSSR count). The number of hydrogen-bond donors (Lipinski definition) is 1. The van der Waals surface area contributed by atoms with Gasteiger partial charge in [-0.2, -0.15) is 0 Å². The van der Waals surface area contributed by atoms with Crippen molar-refractivity contribution in [3.8, 4) is 5.75 Å². The van der Waals surface area contributed by atoms with E-state index in [1.54, 1.807) is 37.6 Å². The molecule has 0 bridgehead atoms. The lowest BCUT2D eigenvalue weighted by Crippen LogP contribution is -1.97. The van der Waals surface area contributed by atoms with Gasteiger partial charge < -0.3 is 10.1 Å². The van der Waals surface area contributed by atoms with Gasteiger partial charge >= 0.3 is 0 Å². The molecule has 0 aliphatic heterocycles. The Morgan fingerprint density at radius 3 is 2.55 bits per heavy atom. The summed E-state index contributed by atoms with van der Waals surface area (Å²) in [5.74, 6) is 0.625. The topological polar surface area (TPSA) is 38.3 Å². The van der Waals surface area contributed by atoms with E-state index < -0.39 is 0 Å². The van der Waals surface area contributed by atoms with Crippen molar-refractivity contribution in [2.45, 2.75) is 0 Å². The highest BCUT2D eigenvalue weighted by Crippen LogP contribution is 2.22. The predicted molar refractivity (Wildman–Crippen MR) is 81.5 cm³/mol. The summed E-state index contributed by atoms with van der Waals surface area (Å²) in [6, 6.07) is 14.3. The molecule has 0 aliphatic rings. The SMILES string of the molecule is COc1ccccc1N/C=C\C(=O)c1ccc(Cl)cc1. The number of anilines is 1. The summed E-state index contributed by atoms with van der Waals surface area (Å²) in [5, 5.41) is 3.63. The van der Waals surface area contributed by atoms with E-state index in [1.165, 1.54) is 6.08 Å². The third kappa shape index (κ3) is 3.62. The molecule has 0 saturated heterocycles. The maximum atomic E-state index is 11.9. The van der Waals surface area contributed by atoms with E-state index in [2.05, 4.69) is 5.32 Å². The molecule has 0 unspecified atom stereocenters. The van der Waals surface area contributed by atoms with Crippen LogP contribution in [0.15, 0.2) is 60.8 Å². The molecule has 0 amide bonds. The van der Waals surface area contributed by atoms with Crippen molar-refractivity contribution in [1.29, 1.82) is 0 Å². The minimum atomic E-state index is -0.0935. The molecule has 0 saturated carbocycles. The average molecular weight is 288 g/mol. The van der Waals surface area contributed by atoms with Crippen molar-refractivity contribution in [3.05, 3.63) is 71.4 Å². The van der Waals surface area contributed by atoms with Gasteiger partial charge in [-0.1, -0.05) is 23.7 Å². The van der Waals surface area contributed by atoms with Crippen molar-refractivity contribution >= 4 is 23.1 Å². The van der Waals surface area contributed by atoms with Crippen LogP contribution in [-0.4, -0.2) is 12.9 Å². The molecule has 0 radical (unpaired) electrons. The van der Waals surface area contributed by atoms with Crippen LogP contribution in [0, 0.1) is 0 Å². The third-order valence-corrected chi connectivity index (χ3v) is 2.96. The Kier molecular flexibility index (Phi) is 4.80. The number of methoxy groups -OCH3 is 1. The van der Waals surface area contributed by atoms with Gasteiger partial charge in [0.2, 0.25) is 0 Å².